The molecular formula is C13H22O3S. The van der Waals surface area contributed by atoms with Crippen LogP contribution in [0, 0.1) is 0 Å². The number of thioether (sulfide) groups is 1. The van der Waals surface area contributed by atoms with Crippen LogP contribution in [0.3, 0.4) is 0 Å². The first kappa shape index (κ1) is 16.2. The second-order valence-electron chi connectivity index (χ2n) is 3.81. The lowest BCUT2D eigenvalue weighted by Crippen LogP contribution is -2.14. The van der Waals surface area contributed by atoms with Crippen LogP contribution < -0.4 is 0 Å². The lowest BCUT2D eigenvalue weighted by Gasteiger charge is -2.08. The van der Waals surface area contributed by atoms with Gasteiger partial charge in [0.05, 0.1) is 12.2 Å². The Hall–Kier alpha value is -0.770. The zero-order valence-corrected chi connectivity index (χ0v) is 11.9. The molecule has 0 fully saturated rings. The number of carbonyl (C=O) groups is 2. The van der Waals surface area contributed by atoms with E-state index in [2.05, 4.69) is 13.8 Å². The zero-order valence-electron chi connectivity index (χ0n) is 11.1. The molecule has 1 unspecified atom stereocenters. The SMILES string of the molecule is CCCOC(=O)C(=CCC(C)SCC)C(C)=O. The molecule has 0 heterocycles. The number of carbonyl (C=O) groups excluding carboxylic acids is 2. The van der Waals surface area contributed by atoms with Crippen LogP contribution in [0.25, 0.3) is 0 Å². The van der Waals surface area contributed by atoms with Gasteiger partial charge < -0.3 is 4.74 Å². The van der Waals surface area contributed by atoms with Crippen LogP contribution in [-0.4, -0.2) is 29.4 Å². The lowest BCUT2D eigenvalue weighted by molar-refractivity contribution is -0.140. The van der Waals surface area contributed by atoms with Crippen molar-refractivity contribution in [3.63, 3.8) is 0 Å². The zero-order chi connectivity index (χ0) is 13.3. The van der Waals surface area contributed by atoms with Crippen LogP contribution in [-0.2, 0) is 14.3 Å². The Kier molecular flexibility index (Phi) is 8.86. The molecule has 0 aliphatic carbocycles. The quantitative estimate of drug-likeness (QED) is 0.290. The molecule has 0 aromatic carbocycles. The summed E-state index contributed by atoms with van der Waals surface area (Å²) in [6, 6.07) is 0. The molecule has 0 saturated carbocycles. The van der Waals surface area contributed by atoms with Gasteiger partial charge in [0.25, 0.3) is 0 Å². The second kappa shape index (κ2) is 9.28. The van der Waals surface area contributed by atoms with E-state index in [1.807, 2.05) is 6.92 Å². The molecule has 0 amide bonds. The van der Waals surface area contributed by atoms with Gasteiger partial charge in [0.15, 0.2) is 5.78 Å². The van der Waals surface area contributed by atoms with Gasteiger partial charge in [-0.25, -0.2) is 4.79 Å². The molecule has 3 nitrogen and oxygen atoms in total. The van der Waals surface area contributed by atoms with Crippen LogP contribution >= 0.6 is 11.8 Å². The first-order chi connectivity index (χ1) is 8.02. The van der Waals surface area contributed by atoms with Gasteiger partial charge in [-0.05, 0) is 25.5 Å². The minimum atomic E-state index is -0.493. The summed E-state index contributed by atoms with van der Waals surface area (Å²) in [5.74, 6) is 0.317. The molecule has 0 radical (unpaired) electrons. The van der Waals surface area contributed by atoms with E-state index in [1.165, 1.54) is 6.92 Å². The van der Waals surface area contributed by atoms with Gasteiger partial charge in [0.1, 0.15) is 0 Å². The number of ketones is 1. The summed E-state index contributed by atoms with van der Waals surface area (Å²) in [7, 11) is 0. The van der Waals surface area contributed by atoms with Crippen molar-refractivity contribution < 1.29 is 14.3 Å². The predicted octanol–water partition coefficient (Wildman–Crippen LogP) is 2.99. The van der Waals surface area contributed by atoms with Crippen molar-refractivity contribution in [1.82, 2.24) is 0 Å². The highest BCUT2D eigenvalue weighted by molar-refractivity contribution is 7.99. The largest absolute Gasteiger partial charge is 0.462 e. The Balaban J connectivity index is 4.45. The van der Waals surface area contributed by atoms with Crippen LogP contribution in [0.15, 0.2) is 11.6 Å². The summed E-state index contributed by atoms with van der Waals surface area (Å²) in [5.41, 5.74) is 0.182. The summed E-state index contributed by atoms with van der Waals surface area (Å²) < 4.78 is 4.97. The summed E-state index contributed by atoms with van der Waals surface area (Å²) in [5, 5.41) is 0.410. The number of hydrogen-bond donors (Lipinski definition) is 0. The molecule has 1 atom stereocenters. The van der Waals surface area contributed by atoms with Crippen molar-refractivity contribution >= 4 is 23.5 Å². The van der Waals surface area contributed by atoms with Crippen molar-refractivity contribution in [2.24, 2.45) is 0 Å². The first-order valence-corrected chi connectivity index (χ1v) is 7.07. The van der Waals surface area contributed by atoms with Crippen molar-refractivity contribution in [2.45, 2.75) is 45.8 Å². The second-order valence-corrected chi connectivity index (χ2v) is 5.53. The fourth-order valence-corrected chi connectivity index (χ4v) is 2.08. The van der Waals surface area contributed by atoms with Crippen molar-refractivity contribution in [2.75, 3.05) is 12.4 Å². The third kappa shape index (κ3) is 7.21. The molecule has 0 N–H and O–H groups in total. The minimum Gasteiger partial charge on any atom is -0.462 e. The molecule has 0 bridgehead atoms. The molecule has 4 heteroatoms. The van der Waals surface area contributed by atoms with E-state index in [0.29, 0.717) is 18.3 Å². The number of allylic oxidation sites excluding steroid dienone is 1. The molecule has 98 valence electrons. The van der Waals surface area contributed by atoms with E-state index >= 15 is 0 Å². The van der Waals surface area contributed by atoms with E-state index in [-0.39, 0.29) is 11.4 Å². The maximum atomic E-state index is 11.6. The molecule has 0 aromatic heterocycles. The fraction of sp³-hybridized carbons (Fsp3) is 0.692. The van der Waals surface area contributed by atoms with Gasteiger partial charge in [-0.3, -0.25) is 4.79 Å². The van der Waals surface area contributed by atoms with Gasteiger partial charge >= 0.3 is 5.97 Å². The molecule has 0 aliphatic rings. The topological polar surface area (TPSA) is 43.4 Å². The highest BCUT2D eigenvalue weighted by Crippen LogP contribution is 2.15. The number of ether oxygens (including phenoxy) is 1. The van der Waals surface area contributed by atoms with E-state index in [0.717, 1.165) is 12.2 Å². The normalized spacial score (nSPS) is 13.3. The van der Waals surface area contributed by atoms with Gasteiger partial charge in [0.2, 0.25) is 0 Å². The maximum Gasteiger partial charge on any atom is 0.341 e. The third-order valence-electron chi connectivity index (χ3n) is 2.14. The number of rotatable bonds is 8. The fourth-order valence-electron chi connectivity index (χ4n) is 1.28. The summed E-state index contributed by atoms with van der Waals surface area (Å²) in [4.78, 5) is 22.9. The third-order valence-corrected chi connectivity index (χ3v) is 3.24. The standard InChI is InChI=1S/C13H22O3S/c1-5-9-16-13(15)12(11(4)14)8-7-10(3)17-6-2/h8,10H,5-7,9H2,1-4H3. The average Bonchev–Trinajstić information content (AvgIpc) is 2.26. The smallest absolute Gasteiger partial charge is 0.341 e. The summed E-state index contributed by atoms with van der Waals surface area (Å²) in [6.07, 6.45) is 3.18. The Labute approximate surface area is 108 Å². The van der Waals surface area contributed by atoms with Gasteiger partial charge in [0, 0.05) is 5.25 Å². The van der Waals surface area contributed by atoms with Gasteiger partial charge in [-0.1, -0.05) is 26.8 Å². The maximum absolute atomic E-state index is 11.6. The Morgan fingerprint density at radius 2 is 2.00 bits per heavy atom. The molecule has 17 heavy (non-hydrogen) atoms. The first-order valence-electron chi connectivity index (χ1n) is 6.02. The van der Waals surface area contributed by atoms with Crippen LogP contribution in [0.2, 0.25) is 0 Å². The van der Waals surface area contributed by atoms with E-state index in [1.54, 1.807) is 17.8 Å². The van der Waals surface area contributed by atoms with Crippen molar-refractivity contribution in [3.05, 3.63) is 11.6 Å². The van der Waals surface area contributed by atoms with E-state index < -0.39 is 5.97 Å². The predicted molar refractivity (Wildman–Crippen MR) is 72.2 cm³/mol. The molecule has 0 saturated heterocycles. The molecule has 0 rings (SSSR count). The Morgan fingerprint density at radius 1 is 1.35 bits per heavy atom. The monoisotopic (exact) mass is 258 g/mol. The molecule has 0 spiro atoms. The highest BCUT2D eigenvalue weighted by atomic mass is 32.2. The average molecular weight is 258 g/mol. The molecular weight excluding hydrogens is 236 g/mol. The number of esters is 1. The van der Waals surface area contributed by atoms with Gasteiger partial charge in [-0.15, -0.1) is 0 Å². The van der Waals surface area contributed by atoms with Crippen molar-refractivity contribution in [1.29, 1.82) is 0 Å². The minimum absolute atomic E-state index is 0.182. The number of hydrogen-bond acceptors (Lipinski definition) is 4. The summed E-state index contributed by atoms with van der Waals surface area (Å²) in [6.45, 7) is 7.86. The number of Topliss-reactive ketones (excluding diaryl/α,β-unsaturated/α-hetero) is 1. The van der Waals surface area contributed by atoms with Crippen LogP contribution in [0.4, 0.5) is 0 Å². The van der Waals surface area contributed by atoms with E-state index in [4.69, 9.17) is 4.74 Å². The van der Waals surface area contributed by atoms with E-state index in [9.17, 15) is 9.59 Å². The molecule has 0 aliphatic heterocycles. The Morgan fingerprint density at radius 3 is 2.47 bits per heavy atom. The highest BCUT2D eigenvalue weighted by Gasteiger charge is 2.15. The summed E-state index contributed by atoms with van der Waals surface area (Å²) >= 11 is 1.81. The van der Waals surface area contributed by atoms with Crippen molar-refractivity contribution in [3.8, 4) is 0 Å². The van der Waals surface area contributed by atoms with Gasteiger partial charge in [-0.2, -0.15) is 11.8 Å². The van der Waals surface area contributed by atoms with Crippen LogP contribution in [0.5, 0.6) is 0 Å². The van der Waals surface area contributed by atoms with Crippen LogP contribution in [0.1, 0.15) is 40.5 Å². The Bertz CT molecular complexity index is 284. The molecule has 0 aromatic rings. The lowest BCUT2D eigenvalue weighted by atomic mass is 10.1.